The topological polar surface area (TPSA) is 80.8 Å². The smallest absolute Gasteiger partial charge is 0.267 e. The predicted octanol–water partition coefficient (Wildman–Crippen LogP) is 4.19. The van der Waals surface area contributed by atoms with E-state index in [2.05, 4.69) is 10.3 Å². The first kappa shape index (κ1) is 20.9. The Balaban J connectivity index is 1.44. The number of amides is 2. The summed E-state index contributed by atoms with van der Waals surface area (Å²) < 4.78 is 11.4. The maximum atomic E-state index is 12.3. The van der Waals surface area contributed by atoms with Crippen LogP contribution in [0, 0.1) is 13.8 Å². The first-order valence-corrected chi connectivity index (χ1v) is 10.7. The van der Waals surface area contributed by atoms with Crippen molar-refractivity contribution < 1.29 is 19.1 Å². The van der Waals surface area contributed by atoms with E-state index >= 15 is 0 Å². The Hall–Kier alpha value is -3.39. The van der Waals surface area contributed by atoms with Gasteiger partial charge in [-0.05, 0) is 50.1 Å². The van der Waals surface area contributed by atoms with Crippen molar-refractivity contribution in [3.05, 3.63) is 52.9 Å². The normalized spacial score (nSPS) is 15.3. The molecule has 0 saturated carbocycles. The third kappa shape index (κ3) is 4.25. The number of para-hydroxylation sites is 1. The van der Waals surface area contributed by atoms with Gasteiger partial charge in [-0.15, -0.1) is 11.3 Å². The molecule has 0 spiro atoms. The lowest BCUT2D eigenvalue weighted by atomic mass is 10.1. The largest absolute Gasteiger partial charge is 0.483 e. The van der Waals surface area contributed by atoms with E-state index in [1.165, 1.54) is 11.3 Å². The van der Waals surface area contributed by atoms with Gasteiger partial charge >= 0.3 is 0 Å². The van der Waals surface area contributed by atoms with Gasteiger partial charge in [0.05, 0.1) is 11.4 Å². The average Bonchev–Trinajstić information content (AvgIpc) is 3.20. The molecular formula is C23H23N3O4S. The summed E-state index contributed by atoms with van der Waals surface area (Å²) in [5.41, 5.74) is 4.21. The molecule has 0 radical (unpaired) electrons. The van der Waals surface area contributed by atoms with Gasteiger partial charge in [-0.3, -0.25) is 14.9 Å². The monoisotopic (exact) mass is 437 g/mol. The van der Waals surface area contributed by atoms with Crippen molar-refractivity contribution in [3.63, 3.8) is 0 Å². The summed E-state index contributed by atoms with van der Waals surface area (Å²) in [5, 5.41) is 5.12. The average molecular weight is 438 g/mol. The fourth-order valence-electron chi connectivity index (χ4n) is 3.45. The number of hydrogen-bond acceptors (Lipinski definition) is 6. The number of anilines is 2. The fraction of sp³-hybridized carbons (Fsp3) is 0.261. The van der Waals surface area contributed by atoms with Crippen LogP contribution >= 0.6 is 11.3 Å². The molecule has 1 unspecified atom stereocenters. The summed E-state index contributed by atoms with van der Waals surface area (Å²) in [6.45, 7) is 5.53. The Kier molecular flexibility index (Phi) is 5.65. The zero-order chi connectivity index (χ0) is 22.1. The molecule has 1 atom stereocenters. The number of carbonyl (C=O) groups is 2. The Morgan fingerprint density at radius 3 is 2.74 bits per heavy atom. The van der Waals surface area contributed by atoms with Crippen molar-refractivity contribution in [2.75, 3.05) is 23.9 Å². The number of carbonyl (C=O) groups excluding carboxylic acids is 2. The van der Waals surface area contributed by atoms with Crippen molar-refractivity contribution in [1.82, 2.24) is 4.98 Å². The van der Waals surface area contributed by atoms with E-state index in [0.29, 0.717) is 22.3 Å². The van der Waals surface area contributed by atoms with E-state index in [9.17, 15) is 9.59 Å². The molecule has 2 amide bonds. The van der Waals surface area contributed by atoms with Gasteiger partial charge in [0.25, 0.3) is 11.8 Å². The summed E-state index contributed by atoms with van der Waals surface area (Å²) in [6, 6.07) is 11.4. The lowest BCUT2D eigenvalue weighted by Gasteiger charge is -2.30. The van der Waals surface area contributed by atoms with E-state index in [-0.39, 0.29) is 18.4 Å². The van der Waals surface area contributed by atoms with E-state index in [1.807, 2.05) is 55.6 Å². The Morgan fingerprint density at radius 2 is 2.00 bits per heavy atom. The first-order chi connectivity index (χ1) is 14.8. The van der Waals surface area contributed by atoms with Gasteiger partial charge < -0.3 is 14.4 Å². The zero-order valence-electron chi connectivity index (χ0n) is 17.8. The van der Waals surface area contributed by atoms with Crippen LogP contribution in [0.5, 0.6) is 11.5 Å². The minimum Gasteiger partial charge on any atom is -0.483 e. The Bertz CT molecular complexity index is 1140. The zero-order valence-corrected chi connectivity index (χ0v) is 18.6. The van der Waals surface area contributed by atoms with Crippen molar-refractivity contribution in [2.45, 2.75) is 26.9 Å². The number of hydrogen-bond donors (Lipinski definition) is 1. The molecule has 0 saturated heterocycles. The van der Waals surface area contributed by atoms with Crippen molar-refractivity contribution in [2.24, 2.45) is 0 Å². The molecule has 2 heterocycles. The van der Waals surface area contributed by atoms with Crippen molar-refractivity contribution >= 4 is 34.0 Å². The molecule has 1 aliphatic heterocycles. The number of likely N-dealkylation sites (N-methyl/N-ethyl adjacent to an activating group) is 1. The van der Waals surface area contributed by atoms with Crippen molar-refractivity contribution in [3.8, 4) is 22.8 Å². The van der Waals surface area contributed by atoms with Gasteiger partial charge in [0.1, 0.15) is 11.5 Å². The fourth-order valence-corrected chi connectivity index (χ4v) is 4.19. The molecule has 2 aromatic carbocycles. The van der Waals surface area contributed by atoms with Crippen LogP contribution in [-0.4, -0.2) is 36.6 Å². The molecule has 8 heteroatoms. The molecule has 1 aliphatic rings. The van der Waals surface area contributed by atoms with Crippen LogP contribution in [0.15, 0.2) is 41.8 Å². The standard InChI is InChI=1S/C23H23N3O4S/c1-13-6-5-7-14(2)21(13)29-11-20(27)25-23-24-17(12-31-23)16-8-9-19-18(10-16)26(4)22(28)15(3)30-19/h5-10,12,15H,11H2,1-4H3,(H,24,25,27). The van der Waals surface area contributed by atoms with Crippen LogP contribution in [0.4, 0.5) is 10.8 Å². The third-order valence-electron chi connectivity index (χ3n) is 5.11. The number of nitrogens with one attached hydrogen (secondary N) is 1. The van der Waals surface area contributed by atoms with Crippen LogP contribution in [0.3, 0.4) is 0 Å². The number of fused-ring (bicyclic) bond motifs is 1. The quantitative estimate of drug-likeness (QED) is 0.647. The van der Waals surface area contributed by atoms with Crippen LogP contribution < -0.4 is 19.7 Å². The highest BCUT2D eigenvalue weighted by molar-refractivity contribution is 7.14. The highest BCUT2D eigenvalue weighted by Crippen LogP contribution is 2.37. The lowest BCUT2D eigenvalue weighted by Crippen LogP contribution is -2.41. The predicted molar refractivity (Wildman–Crippen MR) is 121 cm³/mol. The summed E-state index contributed by atoms with van der Waals surface area (Å²) in [7, 11) is 1.73. The van der Waals surface area contributed by atoms with E-state index in [1.54, 1.807) is 18.9 Å². The molecule has 0 fully saturated rings. The molecule has 31 heavy (non-hydrogen) atoms. The Labute approximate surface area is 184 Å². The molecule has 1 aromatic heterocycles. The van der Waals surface area contributed by atoms with Gasteiger partial charge in [-0.2, -0.15) is 0 Å². The summed E-state index contributed by atoms with van der Waals surface area (Å²) in [5.74, 6) is 1.01. The summed E-state index contributed by atoms with van der Waals surface area (Å²) in [4.78, 5) is 30.6. The first-order valence-electron chi connectivity index (χ1n) is 9.86. The Morgan fingerprint density at radius 1 is 1.26 bits per heavy atom. The van der Waals surface area contributed by atoms with E-state index in [0.717, 1.165) is 22.4 Å². The molecule has 4 rings (SSSR count). The second kappa shape index (κ2) is 8.39. The minimum absolute atomic E-state index is 0.0954. The number of nitrogens with zero attached hydrogens (tertiary/aromatic N) is 2. The van der Waals surface area contributed by atoms with Crippen LogP contribution in [-0.2, 0) is 9.59 Å². The highest BCUT2D eigenvalue weighted by Gasteiger charge is 2.29. The van der Waals surface area contributed by atoms with E-state index < -0.39 is 6.10 Å². The molecular weight excluding hydrogens is 414 g/mol. The summed E-state index contributed by atoms with van der Waals surface area (Å²) in [6.07, 6.45) is -0.505. The second-order valence-electron chi connectivity index (χ2n) is 7.44. The number of aromatic nitrogens is 1. The minimum atomic E-state index is -0.505. The van der Waals surface area contributed by atoms with Crippen molar-refractivity contribution in [1.29, 1.82) is 0 Å². The van der Waals surface area contributed by atoms with Crippen LogP contribution in [0.2, 0.25) is 0 Å². The van der Waals surface area contributed by atoms with Gasteiger partial charge in [0.15, 0.2) is 17.8 Å². The summed E-state index contributed by atoms with van der Waals surface area (Å²) >= 11 is 1.33. The maximum absolute atomic E-state index is 12.3. The van der Waals surface area contributed by atoms with Gasteiger partial charge in [0, 0.05) is 18.0 Å². The molecule has 1 N–H and O–H groups in total. The number of aryl methyl sites for hydroxylation is 2. The lowest BCUT2D eigenvalue weighted by molar-refractivity contribution is -0.125. The van der Waals surface area contributed by atoms with Crippen LogP contribution in [0.1, 0.15) is 18.1 Å². The van der Waals surface area contributed by atoms with Gasteiger partial charge in [-0.25, -0.2) is 4.98 Å². The number of thiazole rings is 1. The molecule has 7 nitrogen and oxygen atoms in total. The maximum Gasteiger partial charge on any atom is 0.267 e. The molecule has 3 aromatic rings. The van der Waals surface area contributed by atoms with Gasteiger partial charge in [0.2, 0.25) is 0 Å². The number of benzene rings is 2. The number of rotatable bonds is 5. The molecule has 0 aliphatic carbocycles. The second-order valence-corrected chi connectivity index (χ2v) is 8.29. The third-order valence-corrected chi connectivity index (χ3v) is 5.86. The SMILES string of the molecule is Cc1cccc(C)c1OCC(=O)Nc1nc(-c2ccc3c(c2)N(C)C(=O)C(C)O3)cs1. The number of ether oxygens (including phenoxy) is 2. The highest BCUT2D eigenvalue weighted by atomic mass is 32.1. The van der Waals surface area contributed by atoms with Gasteiger partial charge in [-0.1, -0.05) is 18.2 Å². The molecule has 160 valence electrons. The van der Waals surface area contributed by atoms with E-state index in [4.69, 9.17) is 9.47 Å². The molecule has 0 bridgehead atoms. The van der Waals surface area contributed by atoms with Crippen LogP contribution in [0.25, 0.3) is 11.3 Å².